The fourth-order valence-electron chi connectivity index (χ4n) is 1.37. The second kappa shape index (κ2) is 3.97. The molecule has 1 aromatic rings. The van der Waals surface area contributed by atoms with Gasteiger partial charge in [0.2, 0.25) is 0 Å². The van der Waals surface area contributed by atoms with Gasteiger partial charge in [-0.2, -0.15) is 4.31 Å². The number of halogens is 1. The third-order valence-corrected chi connectivity index (χ3v) is 6.07. The maximum absolute atomic E-state index is 12.0. The Hall–Kier alpha value is -0.240. The first-order chi connectivity index (χ1) is 7.00. The summed E-state index contributed by atoms with van der Waals surface area (Å²) in [7, 11) is -3.45. The molecule has 1 fully saturated rings. The summed E-state index contributed by atoms with van der Waals surface area (Å²) < 4.78 is 26.2. The van der Waals surface area contributed by atoms with Crippen LogP contribution in [0.3, 0.4) is 0 Å². The maximum atomic E-state index is 12.0. The van der Waals surface area contributed by atoms with E-state index in [9.17, 15) is 13.2 Å². The molecule has 1 aliphatic rings. The third kappa shape index (κ3) is 2.15. The largest absolute Gasteiger partial charge is 0.298 e. The van der Waals surface area contributed by atoms with Gasteiger partial charge in [0, 0.05) is 13.0 Å². The molecule has 0 spiro atoms. The van der Waals surface area contributed by atoms with Gasteiger partial charge >= 0.3 is 0 Å². The van der Waals surface area contributed by atoms with Crippen LogP contribution in [0.15, 0.2) is 20.1 Å². The zero-order valence-corrected chi connectivity index (χ0v) is 10.9. The highest BCUT2D eigenvalue weighted by atomic mass is 79.9. The van der Waals surface area contributed by atoms with Crippen molar-refractivity contribution in [2.45, 2.75) is 10.6 Å². The van der Waals surface area contributed by atoms with Gasteiger partial charge in [-0.15, -0.1) is 11.3 Å². The number of ketones is 1. The molecule has 0 aliphatic carbocycles. The third-order valence-electron chi connectivity index (χ3n) is 2.14. The van der Waals surface area contributed by atoms with Crippen LogP contribution in [0.5, 0.6) is 0 Å². The molecule has 0 aromatic carbocycles. The number of nitrogens with zero attached hydrogens (tertiary/aromatic N) is 1. The van der Waals surface area contributed by atoms with E-state index >= 15 is 0 Å². The molecule has 0 unspecified atom stereocenters. The van der Waals surface area contributed by atoms with Crippen LogP contribution in [-0.4, -0.2) is 31.6 Å². The lowest BCUT2D eigenvalue weighted by atomic mass is 10.4. The molecule has 0 radical (unpaired) electrons. The summed E-state index contributed by atoms with van der Waals surface area (Å²) >= 11 is 4.37. The Balaban J connectivity index is 2.31. The lowest BCUT2D eigenvalue weighted by molar-refractivity contribution is -0.116. The van der Waals surface area contributed by atoms with Gasteiger partial charge in [-0.1, -0.05) is 0 Å². The number of sulfonamides is 1. The molecule has 0 bridgehead atoms. The molecule has 4 nitrogen and oxygen atoms in total. The van der Waals surface area contributed by atoms with Crippen LogP contribution in [-0.2, 0) is 14.8 Å². The van der Waals surface area contributed by atoms with Gasteiger partial charge in [0.15, 0.2) is 0 Å². The van der Waals surface area contributed by atoms with Crippen molar-refractivity contribution in [3.05, 3.63) is 15.9 Å². The van der Waals surface area contributed by atoms with E-state index < -0.39 is 10.0 Å². The van der Waals surface area contributed by atoms with Crippen LogP contribution in [0.2, 0.25) is 0 Å². The van der Waals surface area contributed by atoms with Crippen LogP contribution in [0.1, 0.15) is 6.42 Å². The van der Waals surface area contributed by atoms with Crippen molar-refractivity contribution in [1.29, 1.82) is 0 Å². The molecule has 2 rings (SSSR count). The molecule has 0 amide bonds. The lowest BCUT2D eigenvalue weighted by Gasteiger charge is -2.12. The van der Waals surface area contributed by atoms with Crippen molar-refractivity contribution in [3.63, 3.8) is 0 Å². The Kier molecular flexibility index (Phi) is 2.98. The summed E-state index contributed by atoms with van der Waals surface area (Å²) in [5.41, 5.74) is 0. The zero-order chi connectivity index (χ0) is 11.1. The Morgan fingerprint density at radius 2 is 2.13 bits per heavy atom. The predicted molar refractivity (Wildman–Crippen MR) is 60.4 cm³/mol. The first kappa shape index (κ1) is 11.3. The molecule has 0 saturated carbocycles. The summed E-state index contributed by atoms with van der Waals surface area (Å²) in [5.74, 6) is -0.0193. The Morgan fingerprint density at radius 1 is 1.40 bits per heavy atom. The van der Waals surface area contributed by atoms with Gasteiger partial charge in [0.25, 0.3) is 10.0 Å². The number of hydrogen-bond donors (Lipinski definition) is 0. The van der Waals surface area contributed by atoms with E-state index in [2.05, 4.69) is 15.9 Å². The van der Waals surface area contributed by atoms with E-state index in [-0.39, 0.29) is 16.5 Å². The molecular weight excluding hydrogens is 302 g/mol. The molecule has 0 N–H and O–H groups in total. The number of thiophene rings is 1. The molecule has 82 valence electrons. The summed E-state index contributed by atoms with van der Waals surface area (Å²) in [4.78, 5) is 11.0. The van der Waals surface area contributed by atoms with E-state index in [0.29, 0.717) is 13.0 Å². The van der Waals surface area contributed by atoms with E-state index in [1.165, 1.54) is 4.31 Å². The van der Waals surface area contributed by atoms with E-state index in [4.69, 9.17) is 0 Å². The summed E-state index contributed by atoms with van der Waals surface area (Å²) in [6, 6.07) is 3.24. The monoisotopic (exact) mass is 309 g/mol. The lowest BCUT2D eigenvalue weighted by Crippen LogP contribution is -2.28. The molecule has 0 atom stereocenters. The quantitative estimate of drug-likeness (QED) is 0.831. The van der Waals surface area contributed by atoms with Gasteiger partial charge in [0.1, 0.15) is 9.99 Å². The van der Waals surface area contributed by atoms with E-state index in [1.807, 2.05) is 0 Å². The molecule has 1 aliphatic heterocycles. The van der Waals surface area contributed by atoms with Gasteiger partial charge in [-0.3, -0.25) is 4.79 Å². The smallest absolute Gasteiger partial charge is 0.253 e. The van der Waals surface area contributed by atoms with Crippen molar-refractivity contribution in [2.24, 2.45) is 0 Å². The molecule has 2 heterocycles. The van der Waals surface area contributed by atoms with Crippen molar-refractivity contribution < 1.29 is 13.2 Å². The minimum atomic E-state index is -3.45. The summed E-state index contributed by atoms with van der Waals surface area (Å²) in [6.07, 6.45) is 0.325. The van der Waals surface area contributed by atoms with Crippen molar-refractivity contribution >= 4 is 43.1 Å². The Bertz CT molecular complexity index is 494. The van der Waals surface area contributed by atoms with Crippen molar-refractivity contribution in [2.75, 3.05) is 13.1 Å². The molecule has 1 aromatic heterocycles. The number of Topliss-reactive ketones (excluding diaryl/α,β-unsaturated/α-hetero) is 1. The minimum absolute atomic E-state index is 0.0118. The van der Waals surface area contributed by atoms with E-state index in [1.54, 1.807) is 12.1 Å². The van der Waals surface area contributed by atoms with Crippen LogP contribution in [0.4, 0.5) is 0 Å². The predicted octanol–water partition coefficient (Wildman–Crippen LogP) is 1.47. The fraction of sp³-hybridized carbons (Fsp3) is 0.375. The normalized spacial score (nSPS) is 18.6. The number of carbonyl (C=O) groups is 1. The molecular formula is C8H8BrNO3S2. The zero-order valence-electron chi connectivity index (χ0n) is 7.64. The topological polar surface area (TPSA) is 54.5 Å². The van der Waals surface area contributed by atoms with Crippen molar-refractivity contribution in [3.8, 4) is 0 Å². The van der Waals surface area contributed by atoms with Crippen molar-refractivity contribution in [1.82, 2.24) is 4.31 Å². The van der Waals surface area contributed by atoms with Crippen LogP contribution >= 0.6 is 27.3 Å². The maximum Gasteiger partial charge on any atom is 0.253 e. The average molecular weight is 310 g/mol. The van der Waals surface area contributed by atoms with Crippen LogP contribution in [0, 0.1) is 0 Å². The van der Waals surface area contributed by atoms with Crippen LogP contribution in [0.25, 0.3) is 0 Å². The van der Waals surface area contributed by atoms with Gasteiger partial charge in [-0.25, -0.2) is 8.42 Å². The first-order valence-corrected chi connectivity index (χ1v) is 7.32. The average Bonchev–Trinajstić information content (AvgIpc) is 2.74. The van der Waals surface area contributed by atoms with Gasteiger partial charge < -0.3 is 0 Å². The second-order valence-electron chi connectivity index (χ2n) is 3.19. The molecule has 15 heavy (non-hydrogen) atoms. The SMILES string of the molecule is O=C1CCN(S(=O)(=O)c2ccc(Br)s2)C1. The summed E-state index contributed by atoms with van der Waals surface area (Å²) in [6.45, 7) is 0.314. The standard InChI is InChI=1S/C8H8BrNO3S2/c9-7-1-2-8(14-7)15(12,13)10-4-3-6(11)5-10/h1-2H,3-5H2. The highest BCUT2D eigenvalue weighted by Gasteiger charge is 2.32. The number of carbonyl (C=O) groups excluding carboxylic acids is 1. The number of rotatable bonds is 2. The van der Waals surface area contributed by atoms with Crippen LogP contribution < -0.4 is 0 Å². The molecule has 7 heteroatoms. The van der Waals surface area contributed by atoms with E-state index in [0.717, 1.165) is 15.1 Å². The Labute approximate surface area is 100 Å². The number of hydrogen-bond acceptors (Lipinski definition) is 4. The second-order valence-corrected chi connectivity index (χ2v) is 7.81. The summed E-state index contributed by atoms with van der Waals surface area (Å²) in [5, 5.41) is 0. The fourth-order valence-corrected chi connectivity index (χ4v) is 4.96. The van der Waals surface area contributed by atoms with Gasteiger partial charge in [0.05, 0.1) is 10.3 Å². The Morgan fingerprint density at radius 3 is 2.60 bits per heavy atom. The molecule has 1 saturated heterocycles. The van der Waals surface area contributed by atoms with Gasteiger partial charge in [-0.05, 0) is 28.1 Å². The first-order valence-electron chi connectivity index (χ1n) is 4.27. The minimum Gasteiger partial charge on any atom is -0.298 e. The highest BCUT2D eigenvalue weighted by Crippen LogP contribution is 2.29. The highest BCUT2D eigenvalue weighted by molar-refractivity contribution is 9.11.